The smallest absolute Gasteiger partial charge is 0.338 e. The molecule has 1 saturated carbocycles. The molecule has 3 fully saturated rings. The van der Waals surface area contributed by atoms with Gasteiger partial charge >= 0.3 is 5.97 Å². The third-order valence-electron chi connectivity index (χ3n) is 6.14. The summed E-state index contributed by atoms with van der Waals surface area (Å²) in [5.74, 6) is 2.60. The Bertz CT molecular complexity index is 686. The summed E-state index contributed by atoms with van der Waals surface area (Å²) in [5, 5.41) is 0. The minimum atomic E-state index is -0.402. The number of fused-ring (bicyclic) bond motifs is 1. The van der Waals surface area contributed by atoms with E-state index in [-0.39, 0.29) is 12.5 Å². The van der Waals surface area contributed by atoms with Gasteiger partial charge in [-0.15, -0.1) is 23.5 Å². The highest BCUT2D eigenvalue weighted by molar-refractivity contribution is 8.16. The van der Waals surface area contributed by atoms with Gasteiger partial charge in [0.05, 0.1) is 10.1 Å². The molecular weight excluding hydrogens is 390 g/mol. The molecule has 28 heavy (non-hydrogen) atoms. The van der Waals surface area contributed by atoms with Gasteiger partial charge in [-0.05, 0) is 67.2 Å². The van der Waals surface area contributed by atoms with Crippen molar-refractivity contribution in [2.24, 2.45) is 5.92 Å². The maximum absolute atomic E-state index is 12.7. The van der Waals surface area contributed by atoms with E-state index in [1.807, 2.05) is 52.7 Å². The van der Waals surface area contributed by atoms with Crippen LogP contribution >= 0.6 is 23.5 Å². The summed E-state index contributed by atoms with van der Waals surface area (Å²) in [7, 11) is 0. The van der Waals surface area contributed by atoms with Gasteiger partial charge in [-0.1, -0.05) is 25.0 Å². The predicted octanol–water partition coefficient (Wildman–Crippen LogP) is 4.89. The van der Waals surface area contributed by atoms with Crippen LogP contribution < -0.4 is 0 Å². The summed E-state index contributed by atoms with van der Waals surface area (Å²) >= 11 is 3.93. The van der Waals surface area contributed by atoms with Crippen molar-refractivity contribution in [3.63, 3.8) is 0 Å². The number of likely N-dealkylation sites (tertiary alicyclic amines) is 1. The van der Waals surface area contributed by atoms with Crippen molar-refractivity contribution in [3.05, 3.63) is 35.4 Å². The zero-order valence-electron chi connectivity index (χ0n) is 16.3. The van der Waals surface area contributed by atoms with E-state index in [4.69, 9.17) is 4.74 Å². The molecular formula is C22H29NO3S2. The van der Waals surface area contributed by atoms with Gasteiger partial charge in [0.1, 0.15) is 0 Å². The summed E-state index contributed by atoms with van der Waals surface area (Å²) in [6.45, 7) is 0.668. The molecule has 3 aliphatic rings. The Morgan fingerprint density at radius 1 is 0.964 bits per heavy atom. The summed E-state index contributed by atoms with van der Waals surface area (Å²) in [6, 6.07) is 8.06. The van der Waals surface area contributed by atoms with Crippen LogP contribution in [0.3, 0.4) is 0 Å². The molecule has 6 heteroatoms. The SMILES string of the molecule is O=C(OCC(=O)N1CCC[C@H]2CCCC[C@H]21)c1ccc(C2SCCCS2)cc1. The second-order valence-corrected chi connectivity index (χ2v) is 10.7. The number of piperidine rings is 1. The Morgan fingerprint density at radius 2 is 1.68 bits per heavy atom. The molecule has 2 aliphatic heterocycles. The number of carbonyl (C=O) groups is 2. The van der Waals surface area contributed by atoms with Crippen LogP contribution in [0.1, 0.15) is 65.4 Å². The molecule has 0 unspecified atom stereocenters. The van der Waals surface area contributed by atoms with E-state index in [1.165, 1.54) is 49.2 Å². The second kappa shape index (κ2) is 9.57. The number of carbonyl (C=O) groups excluding carboxylic acids is 2. The first-order chi connectivity index (χ1) is 13.7. The fraction of sp³-hybridized carbons (Fsp3) is 0.636. The van der Waals surface area contributed by atoms with Gasteiger partial charge in [0.2, 0.25) is 0 Å². The topological polar surface area (TPSA) is 46.6 Å². The van der Waals surface area contributed by atoms with E-state index in [9.17, 15) is 9.59 Å². The van der Waals surface area contributed by atoms with Crippen LogP contribution in [0.4, 0.5) is 0 Å². The third-order valence-corrected chi connectivity index (χ3v) is 9.15. The fourth-order valence-electron chi connectivity index (χ4n) is 4.68. The number of amides is 1. The highest BCUT2D eigenvalue weighted by Crippen LogP contribution is 2.43. The second-order valence-electron chi connectivity index (χ2n) is 7.97. The number of esters is 1. The zero-order chi connectivity index (χ0) is 19.3. The van der Waals surface area contributed by atoms with Crippen molar-refractivity contribution in [3.8, 4) is 0 Å². The van der Waals surface area contributed by atoms with Crippen LogP contribution in [0, 0.1) is 5.92 Å². The van der Waals surface area contributed by atoms with Gasteiger partial charge in [0.15, 0.2) is 6.61 Å². The maximum Gasteiger partial charge on any atom is 0.338 e. The van der Waals surface area contributed by atoms with E-state index >= 15 is 0 Å². The third kappa shape index (κ3) is 4.70. The lowest BCUT2D eigenvalue weighted by Crippen LogP contribution is -2.50. The van der Waals surface area contributed by atoms with Crippen molar-refractivity contribution in [2.75, 3.05) is 24.7 Å². The van der Waals surface area contributed by atoms with Crippen LogP contribution in [0.5, 0.6) is 0 Å². The summed E-state index contributed by atoms with van der Waals surface area (Å²) < 4.78 is 5.83. The number of rotatable bonds is 4. The number of thioether (sulfide) groups is 2. The monoisotopic (exact) mass is 419 g/mol. The van der Waals surface area contributed by atoms with Crippen molar-refractivity contribution in [2.45, 2.75) is 55.6 Å². The van der Waals surface area contributed by atoms with Crippen LogP contribution in [0.15, 0.2) is 24.3 Å². The number of benzene rings is 1. The summed E-state index contributed by atoms with van der Waals surface area (Å²) in [6.07, 6.45) is 8.39. The van der Waals surface area contributed by atoms with Crippen LogP contribution in [0.2, 0.25) is 0 Å². The first-order valence-electron chi connectivity index (χ1n) is 10.5. The molecule has 0 bridgehead atoms. The lowest BCUT2D eigenvalue weighted by Gasteiger charge is -2.44. The summed E-state index contributed by atoms with van der Waals surface area (Å²) in [4.78, 5) is 27.1. The Kier molecular flexibility index (Phi) is 6.89. The number of nitrogens with zero attached hydrogens (tertiary/aromatic N) is 1. The van der Waals surface area contributed by atoms with Crippen molar-refractivity contribution >= 4 is 35.4 Å². The van der Waals surface area contributed by atoms with Crippen molar-refractivity contribution < 1.29 is 14.3 Å². The number of ether oxygens (including phenoxy) is 1. The molecule has 0 spiro atoms. The van der Waals surface area contributed by atoms with Gasteiger partial charge < -0.3 is 9.64 Å². The van der Waals surface area contributed by atoms with E-state index in [0.717, 1.165) is 19.4 Å². The lowest BCUT2D eigenvalue weighted by molar-refractivity contribution is -0.140. The molecule has 1 aromatic carbocycles. The van der Waals surface area contributed by atoms with E-state index < -0.39 is 5.97 Å². The van der Waals surface area contributed by atoms with E-state index in [0.29, 0.717) is 22.1 Å². The first-order valence-corrected chi connectivity index (χ1v) is 12.6. The minimum Gasteiger partial charge on any atom is -0.452 e. The average molecular weight is 420 g/mol. The van der Waals surface area contributed by atoms with Crippen molar-refractivity contribution in [1.82, 2.24) is 4.90 Å². The van der Waals surface area contributed by atoms with E-state index in [1.54, 1.807) is 0 Å². The molecule has 152 valence electrons. The van der Waals surface area contributed by atoms with Crippen molar-refractivity contribution in [1.29, 1.82) is 0 Å². The van der Waals surface area contributed by atoms with Gasteiger partial charge in [0.25, 0.3) is 5.91 Å². The Morgan fingerprint density at radius 3 is 2.46 bits per heavy atom. The van der Waals surface area contributed by atoms with Crippen LogP contribution in [-0.4, -0.2) is 47.5 Å². The Labute approximate surface area is 176 Å². The Hall–Kier alpha value is -1.14. The minimum absolute atomic E-state index is 0.0309. The average Bonchev–Trinajstić information content (AvgIpc) is 2.77. The van der Waals surface area contributed by atoms with Gasteiger partial charge in [-0.3, -0.25) is 4.79 Å². The molecule has 2 saturated heterocycles. The highest BCUT2D eigenvalue weighted by atomic mass is 32.2. The van der Waals surface area contributed by atoms with Gasteiger partial charge in [-0.25, -0.2) is 4.79 Å². The first kappa shape index (κ1) is 20.1. The molecule has 0 N–H and O–H groups in total. The molecule has 2 heterocycles. The molecule has 2 atom stereocenters. The normalized spacial score (nSPS) is 25.8. The largest absolute Gasteiger partial charge is 0.452 e. The predicted molar refractivity (Wildman–Crippen MR) is 116 cm³/mol. The molecule has 4 rings (SSSR count). The summed E-state index contributed by atoms with van der Waals surface area (Å²) in [5.41, 5.74) is 1.77. The lowest BCUT2D eigenvalue weighted by atomic mass is 9.78. The van der Waals surface area contributed by atoms with Crippen LogP contribution in [-0.2, 0) is 9.53 Å². The number of hydrogen-bond acceptors (Lipinski definition) is 5. The zero-order valence-corrected chi connectivity index (χ0v) is 17.9. The Balaban J connectivity index is 1.30. The molecule has 1 amide bonds. The maximum atomic E-state index is 12.7. The quantitative estimate of drug-likeness (QED) is 0.650. The molecule has 0 aromatic heterocycles. The standard InChI is InChI=1S/C22H29NO3S2/c24-20(23-12-3-6-16-5-1-2-7-19(16)23)15-26-21(25)17-8-10-18(11-9-17)22-27-13-4-14-28-22/h8-11,16,19,22H,1-7,12-15H2/t16-,19-/m1/s1. The molecule has 1 aromatic rings. The molecule has 0 radical (unpaired) electrons. The highest BCUT2D eigenvalue weighted by Gasteiger charge is 2.35. The molecule has 1 aliphatic carbocycles. The van der Waals surface area contributed by atoms with E-state index in [2.05, 4.69) is 0 Å². The van der Waals surface area contributed by atoms with Gasteiger partial charge in [-0.2, -0.15) is 0 Å². The number of hydrogen-bond donors (Lipinski definition) is 0. The fourth-order valence-corrected chi connectivity index (χ4v) is 7.58. The van der Waals surface area contributed by atoms with Crippen LogP contribution in [0.25, 0.3) is 0 Å². The van der Waals surface area contributed by atoms with Gasteiger partial charge in [0, 0.05) is 12.6 Å². The molecule has 4 nitrogen and oxygen atoms in total.